The fourth-order valence-corrected chi connectivity index (χ4v) is 5.43. The van der Waals surface area contributed by atoms with Gasteiger partial charge in [0.25, 0.3) is 0 Å². The lowest BCUT2D eigenvalue weighted by Gasteiger charge is -2.21. The van der Waals surface area contributed by atoms with Crippen LogP contribution in [-0.4, -0.2) is 0 Å². The van der Waals surface area contributed by atoms with Crippen LogP contribution >= 0.6 is 7.82 Å². The first kappa shape index (κ1) is 23.0. The van der Waals surface area contributed by atoms with Crippen molar-refractivity contribution in [1.82, 2.24) is 0 Å². The Balaban J connectivity index is 1.53. The third kappa shape index (κ3) is 5.34. The number of hydrogen-bond donors (Lipinski definition) is 0. The summed E-state index contributed by atoms with van der Waals surface area (Å²) in [4.78, 5) is 0. The SMILES string of the molecule is CC(C)Cc1ccc(OP(=O)(Oc2cccc3ccccc23)Oc2cccc3ccccc23)cc1. The molecule has 5 heteroatoms. The second-order valence-electron chi connectivity index (χ2n) is 8.92. The Kier molecular flexibility index (Phi) is 6.48. The Labute approximate surface area is 205 Å². The molecule has 0 aromatic heterocycles. The summed E-state index contributed by atoms with van der Waals surface area (Å²) in [5.41, 5.74) is 1.19. The maximum atomic E-state index is 14.2. The molecule has 0 radical (unpaired) electrons. The lowest BCUT2D eigenvalue weighted by Crippen LogP contribution is -2.08. The smallest absolute Gasteiger partial charge is 0.386 e. The van der Waals surface area contributed by atoms with Gasteiger partial charge in [0.05, 0.1) is 0 Å². The van der Waals surface area contributed by atoms with Gasteiger partial charge in [0.2, 0.25) is 0 Å². The molecular weight excluding hydrogens is 455 g/mol. The van der Waals surface area contributed by atoms with Crippen molar-refractivity contribution < 1.29 is 18.1 Å². The van der Waals surface area contributed by atoms with Gasteiger partial charge in [-0.3, -0.25) is 0 Å². The van der Waals surface area contributed by atoms with Crippen LogP contribution < -0.4 is 13.6 Å². The Bertz CT molecular complexity index is 1410. The van der Waals surface area contributed by atoms with Gasteiger partial charge in [-0.15, -0.1) is 0 Å². The van der Waals surface area contributed by atoms with E-state index in [4.69, 9.17) is 13.6 Å². The molecule has 4 nitrogen and oxygen atoms in total. The van der Waals surface area contributed by atoms with Crippen LogP contribution in [0.25, 0.3) is 21.5 Å². The lowest BCUT2D eigenvalue weighted by molar-refractivity contribution is 0.300. The van der Waals surface area contributed by atoms with Crippen LogP contribution in [0.15, 0.2) is 109 Å². The largest absolute Gasteiger partial charge is 0.647 e. The van der Waals surface area contributed by atoms with E-state index >= 15 is 0 Å². The second-order valence-corrected chi connectivity index (χ2v) is 10.4. The van der Waals surface area contributed by atoms with E-state index in [-0.39, 0.29) is 0 Å². The average Bonchev–Trinajstić information content (AvgIpc) is 2.85. The molecule has 0 fully saturated rings. The summed E-state index contributed by atoms with van der Waals surface area (Å²) in [6, 6.07) is 34.4. The Morgan fingerprint density at radius 3 is 1.60 bits per heavy atom. The van der Waals surface area contributed by atoms with Crippen molar-refractivity contribution in [2.45, 2.75) is 20.3 Å². The molecule has 0 amide bonds. The van der Waals surface area contributed by atoms with E-state index in [0.29, 0.717) is 23.2 Å². The van der Waals surface area contributed by atoms with Gasteiger partial charge in [-0.1, -0.05) is 98.8 Å². The second kappa shape index (κ2) is 9.85. The highest BCUT2D eigenvalue weighted by molar-refractivity contribution is 7.49. The predicted octanol–water partition coefficient (Wildman–Crippen LogP) is 8.84. The summed E-state index contributed by atoms with van der Waals surface area (Å²) >= 11 is 0. The molecule has 5 rings (SSSR count). The highest BCUT2D eigenvalue weighted by atomic mass is 31.2. The van der Waals surface area contributed by atoms with Crippen molar-refractivity contribution in [2.24, 2.45) is 5.92 Å². The van der Waals surface area contributed by atoms with Gasteiger partial charge >= 0.3 is 7.82 Å². The van der Waals surface area contributed by atoms with Crippen molar-refractivity contribution in [3.8, 4) is 17.2 Å². The Morgan fingerprint density at radius 1 is 0.600 bits per heavy atom. The Hall–Kier alpha value is -3.75. The third-order valence-corrected chi connectivity index (χ3v) is 6.98. The number of phosphoric acid groups is 1. The van der Waals surface area contributed by atoms with Crippen LogP contribution in [0.1, 0.15) is 19.4 Å². The predicted molar refractivity (Wildman–Crippen MR) is 142 cm³/mol. The van der Waals surface area contributed by atoms with Crippen LogP contribution in [0, 0.1) is 5.92 Å². The zero-order valence-electron chi connectivity index (χ0n) is 19.8. The topological polar surface area (TPSA) is 44.8 Å². The van der Waals surface area contributed by atoms with Gasteiger partial charge in [-0.2, -0.15) is 4.57 Å². The molecule has 0 N–H and O–H groups in total. The maximum absolute atomic E-state index is 14.2. The molecule has 176 valence electrons. The molecule has 0 bridgehead atoms. The van der Waals surface area contributed by atoms with Crippen molar-refractivity contribution in [3.05, 3.63) is 115 Å². The number of rotatable bonds is 8. The molecule has 5 aromatic rings. The van der Waals surface area contributed by atoms with Gasteiger partial charge in [0.15, 0.2) is 0 Å². The van der Waals surface area contributed by atoms with Crippen molar-refractivity contribution >= 4 is 29.4 Å². The molecule has 0 heterocycles. The molecule has 5 aromatic carbocycles. The van der Waals surface area contributed by atoms with Crippen molar-refractivity contribution in [2.75, 3.05) is 0 Å². The molecule has 0 aliphatic heterocycles. The maximum Gasteiger partial charge on any atom is 0.647 e. The lowest BCUT2D eigenvalue weighted by atomic mass is 10.0. The summed E-state index contributed by atoms with van der Waals surface area (Å²) in [5, 5.41) is 3.60. The zero-order valence-corrected chi connectivity index (χ0v) is 20.7. The number of hydrogen-bond acceptors (Lipinski definition) is 4. The molecule has 0 saturated carbocycles. The number of benzene rings is 5. The van der Waals surface area contributed by atoms with E-state index in [9.17, 15) is 4.57 Å². The quantitative estimate of drug-likeness (QED) is 0.207. The van der Waals surface area contributed by atoms with Crippen LogP contribution in [-0.2, 0) is 11.0 Å². The summed E-state index contributed by atoms with van der Waals surface area (Å²) < 4.78 is 32.3. The van der Waals surface area contributed by atoms with Crippen LogP contribution in [0.5, 0.6) is 17.2 Å². The number of fused-ring (bicyclic) bond motifs is 2. The molecule has 0 spiro atoms. The van der Waals surface area contributed by atoms with Crippen LogP contribution in [0.4, 0.5) is 0 Å². The molecule has 0 unspecified atom stereocenters. The normalized spacial score (nSPS) is 11.6. The van der Waals surface area contributed by atoms with E-state index in [1.54, 1.807) is 12.1 Å². The first-order valence-electron chi connectivity index (χ1n) is 11.7. The van der Waals surface area contributed by atoms with Gasteiger partial charge in [0, 0.05) is 10.8 Å². The number of phosphoric ester groups is 1. The van der Waals surface area contributed by atoms with E-state index in [1.807, 2.05) is 97.1 Å². The van der Waals surface area contributed by atoms with Crippen LogP contribution in [0.3, 0.4) is 0 Å². The third-order valence-electron chi connectivity index (χ3n) is 5.70. The first-order chi connectivity index (χ1) is 17.0. The van der Waals surface area contributed by atoms with Crippen molar-refractivity contribution in [3.63, 3.8) is 0 Å². The zero-order chi connectivity index (χ0) is 24.3. The monoisotopic (exact) mass is 482 g/mol. The Morgan fingerprint density at radius 2 is 1.09 bits per heavy atom. The summed E-state index contributed by atoms with van der Waals surface area (Å²) in [6.45, 7) is 4.35. The van der Waals surface area contributed by atoms with Crippen molar-refractivity contribution in [1.29, 1.82) is 0 Å². The fraction of sp³-hybridized carbons (Fsp3) is 0.133. The molecule has 0 aliphatic rings. The highest BCUT2D eigenvalue weighted by Gasteiger charge is 2.34. The summed E-state index contributed by atoms with van der Waals surface area (Å²) in [7, 11) is -4.14. The van der Waals surface area contributed by atoms with E-state index < -0.39 is 7.82 Å². The molecule has 0 saturated heterocycles. The van der Waals surface area contributed by atoms with Gasteiger partial charge in [-0.25, -0.2) is 0 Å². The van der Waals surface area contributed by atoms with Crippen LogP contribution in [0.2, 0.25) is 0 Å². The highest BCUT2D eigenvalue weighted by Crippen LogP contribution is 2.52. The minimum absolute atomic E-state index is 0.418. The van der Waals surface area contributed by atoms with E-state index in [1.165, 1.54) is 5.56 Å². The molecule has 0 atom stereocenters. The first-order valence-corrected chi connectivity index (χ1v) is 13.2. The molecule has 35 heavy (non-hydrogen) atoms. The average molecular weight is 483 g/mol. The molecule has 0 aliphatic carbocycles. The standard InChI is InChI=1S/C30H27O4P/c1-22(2)21-23-17-19-26(20-18-23)32-35(31,33-29-15-7-11-24-9-3-5-13-27(24)29)34-30-16-8-12-25-10-4-6-14-28(25)30/h3-20,22H,21H2,1-2H3. The minimum Gasteiger partial charge on any atom is -0.386 e. The van der Waals surface area contributed by atoms with Gasteiger partial charge in [0.1, 0.15) is 17.2 Å². The summed E-state index contributed by atoms with van der Waals surface area (Å²) in [5.74, 6) is 1.82. The summed E-state index contributed by atoms with van der Waals surface area (Å²) in [6.07, 6.45) is 0.955. The van der Waals surface area contributed by atoms with E-state index in [0.717, 1.165) is 28.0 Å². The fourth-order valence-electron chi connectivity index (χ4n) is 4.13. The molecular formula is C30H27O4P. The van der Waals surface area contributed by atoms with Gasteiger partial charge < -0.3 is 13.6 Å². The van der Waals surface area contributed by atoms with E-state index in [2.05, 4.69) is 13.8 Å². The van der Waals surface area contributed by atoms with Gasteiger partial charge in [-0.05, 0) is 52.9 Å². The minimum atomic E-state index is -4.14.